The number of fused-ring (bicyclic) bond motifs is 1. The third-order valence-corrected chi connectivity index (χ3v) is 5.81. The van der Waals surface area contributed by atoms with Crippen LogP contribution in [-0.2, 0) is 10.9 Å². The minimum absolute atomic E-state index is 0.109. The smallest absolute Gasteiger partial charge is 0.416 e. The van der Waals surface area contributed by atoms with Crippen molar-refractivity contribution in [3.63, 3.8) is 0 Å². The van der Waals surface area contributed by atoms with Crippen LogP contribution in [0.15, 0.2) is 59.3 Å². The van der Waals surface area contributed by atoms with E-state index in [4.69, 9.17) is 10.00 Å². The van der Waals surface area contributed by atoms with Crippen LogP contribution >= 0.6 is 0 Å². The summed E-state index contributed by atoms with van der Waals surface area (Å²) in [6, 6.07) is 8.20. The first-order valence-electron chi connectivity index (χ1n) is 10.9. The Bertz CT molecular complexity index is 1380. The van der Waals surface area contributed by atoms with E-state index in [-0.39, 0.29) is 35.7 Å². The van der Waals surface area contributed by atoms with Crippen molar-refractivity contribution in [3.8, 4) is 12.1 Å². The van der Waals surface area contributed by atoms with Gasteiger partial charge >= 0.3 is 12.3 Å². The van der Waals surface area contributed by atoms with Gasteiger partial charge in [0.2, 0.25) is 5.95 Å². The van der Waals surface area contributed by atoms with Crippen LogP contribution in [0.4, 0.5) is 35.5 Å². The Hall–Kier alpha value is -4.58. The molecule has 1 aliphatic heterocycles. The van der Waals surface area contributed by atoms with Gasteiger partial charge in [-0.3, -0.25) is 10.2 Å². The zero-order chi connectivity index (χ0) is 26.0. The molecule has 2 aromatic rings. The number of hydrogen-bond acceptors (Lipinski definition) is 7. The van der Waals surface area contributed by atoms with Crippen LogP contribution in [0.5, 0.6) is 0 Å². The van der Waals surface area contributed by atoms with E-state index >= 15 is 0 Å². The van der Waals surface area contributed by atoms with Gasteiger partial charge in [0.1, 0.15) is 0 Å². The molecule has 0 bridgehead atoms. The molecule has 1 N–H and O–H groups in total. The van der Waals surface area contributed by atoms with Gasteiger partial charge in [-0.25, -0.2) is 9.48 Å². The predicted molar refractivity (Wildman–Crippen MR) is 123 cm³/mol. The maximum atomic E-state index is 13.4. The number of allylic oxidation sites excluding steroid dienone is 6. The highest BCUT2D eigenvalue weighted by atomic mass is 19.4. The number of nitrogens with one attached hydrogen (secondary N) is 1. The molecule has 0 spiro atoms. The van der Waals surface area contributed by atoms with Crippen LogP contribution in [0.25, 0.3) is 0 Å². The van der Waals surface area contributed by atoms with Gasteiger partial charge in [-0.05, 0) is 44.5 Å². The number of halogens is 3. The lowest BCUT2D eigenvalue weighted by molar-refractivity contribution is -0.137. The summed E-state index contributed by atoms with van der Waals surface area (Å²) < 4.78 is 46.6. The number of carbonyl (C=O) groups is 1. The fourth-order valence-corrected chi connectivity index (χ4v) is 4.20. The van der Waals surface area contributed by atoms with Gasteiger partial charge in [0.05, 0.1) is 35.9 Å². The molecule has 0 saturated carbocycles. The van der Waals surface area contributed by atoms with E-state index in [2.05, 4.69) is 27.5 Å². The summed E-state index contributed by atoms with van der Waals surface area (Å²) >= 11 is 0. The fourth-order valence-electron chi connectivity index (χ4n) is 4.20. The average molecular weight is 495 g/mol. The SMILES string of the molecule is CCOC(=O)Nc1nc2n(n1)C(C1C=CC(C#N)=CC1)C(C#N)=C(C)N2c1cccc(C(F)(F)F)c1. The second-order valence-corrected chi connectivity index (χ2v) is 7.99. The third-order valence-electron chi connectivity index (χ3n) is 5.81. The van der Waals surface area contributed by atoms with Crippen molar-refractivity contribution in [1.29, 1.82) is 10.5 Å². The number of aromatic nitrogens is 3. The van der Waals surface area contributed by atoms with Crippen LogP contribution in [0.2, 0.25) is 0 Å². The number of amides is 1. The zero-order valence-electron chi connectivity index (χ0n) is 19.2. The number of carbonyl (C=O) groups excluding carboxylic acids is 1. The molecule has 2 atom stereocenters. The number of alkyl halides is 3. The Labute approximate surface area is 204 Å². The van der Waals surface area contributed by atoms with E-state index in [1.807, 2.05) is 0 Å². The fraction of sp³-hybridized carbons (Fsp3) is 0.292. The standard InChI is InChI=1S/C24H20F3N7O2/c1-3-36-23(35)31-21-30-22-33(18-6-4-5-17(11-18)24(25,26)27)14(2)19(13-29)20(34(22)32-21)16-9-7-15(12-28)8-10-16/h4-9,11,16,20H,3,10H2,1-2H3,(H,31,32,35). The molecular formula is C24H20F3N7O2. The molecular weight excluding hydrogens is 475 g/mol. The Balaban J connectivity index is 1.87. The summed E-state index contributed by atoms with van der Waals surface area (Å²) in [4.78, 5) is 17.8. The van der Waals surface area contributed by atoms with Gasteiger partial charge in [-0.15, -0.1) is 5.10 Å². The van der Waals surface area contributed by atoms with Crippen molar-refractivity contribution in [1.82, 2.24) is 14.8 Å². The lowest BCUT2D eigenvalue weighted by atomic mass is 9.85. The summed E-state index contributed by atoms with van der Waals surface area (Å²) in [5, 5.41) is 26.0. The molecule has 36 heavy (non-hydrogen) atoms. The first kappa shape index (κ1) is 24.5. The van der Waals surface area contributed by atoms with Crippen LogP contribution in [0.1, 0.15) is 31.9 Å². The van der Waals surface area contributed by atoms with Crippen LogP contribution in [0, 0.1) is 28.6 Å². The number of ether oxygens (including phenoxy) is 1. The van der Waals surface area contributed by atoms with Gasteiger partial charge in [0.25, 0.3) is 5.95 Å². The number of nitriles is 2. The Morgan fingerprint density at radius 2 is 2.08 bits per heavy atom. The van der Waals surface area contributed by atoms with Crippen LogP contribution < -0.4 is 10.2 Å². The number of hydrogen-bond donors (Lipinski definition) is 1. The van der Waals surface area contributed by atoms with Crippen molar-refractivity contribution >= 4 is 23.7 Å². The van der Waals surface area contributed by atoms with Gasteiger partial charge < -0.3 is 4.74 Å². The van der Waals surface area contributed by atoms with Gasteiger partial charge in [0, 0.05) is 22.9 Å². The second kappa shape index (κ2) is 9.58. The molecule has 0 fully saturated rings. The molecule has 1 amide bonds. The molecule has 2 aliphatic rings. The Morgan fingerprint density at radius 1 is 1.31 bits per heavy atom. The highest BCUT2D eigenvalue weighted by molar-refractivity contribution is 5.82. The highest BCUT2D eigenvalue weighted by Gasteiger charge is 2.39. The quantitative estimate of drug-likeness (QED) is 0.604. The Kier molecular flexibility index (Phi) is 6.53. The second-order valence-electron chi connectivity index (χ2n) is 7.99. The summed E-state index contributed by atoms with van der Waals surface area (Å²) in [7, 11) is 0. The molecule has 184 valence electrons. The lowest BCUT2D eigenvalue weighted by Gasteiger charge is -2.36. The van der Waals surface area contributed by atoms with E-state index in [0.29, 0.717) is 17.7 Å². The van der Waals surface area contributed by atoms with Crippen molar-refractivity contribution in [2.75, 3.05) is 16.8 Å². The maximum absolute atomic E-state index is 13.4. The maximum Gasteiger partial charge on any atom is 0.416 e. The average Bonchev–Trinajstić information content (AvgIpc) is 3.25. The molecule has 12 heteroatoms. The van der Waals surface area contributed by atoms with Crippen molar-refractivity contribution in [3.05, 3.63) is 64.9 Å². The van der Waals surface area contributed by atoms with E-state index in [1.54, 1.807) is 32.1 Å². The first-order chi connectivity index (χ1) is 17.2. The number of benzene rings is 1. The van der Waals surface area contributed by atoms with Gasteiger partial charge in [0.15, 0.2) is 0 Å². The van der Waals surface area contributed by atoms with Crippen LogP contribution in [-0.4, -0.2) is 27.5 Å². The molecule has 9 nitrogen and oxygen atoms in total. The van der Waals surface area contributed by atoms with E-state index in [9.17, 15) is 23.2 Å². The normalized spacial score (nSPS) is 19.2. The largest absolute Gasteiger partial charge is 0.450 e. The van der Waals surface area contributed by atoms with E-state index in [0.717, 1.165) is 12.1 Å². The molecule has 0 radical (unpaired) electrons. The van der Waals surface area contributed by atoms with Crippen LogP contribution in [0.3, 0.4) is 0 Å². The number of nitrogens with zero attached hydrogens (tertiary/aromatic N) is 6. The van der Waals surface area contributed by atoms with E-state index < -0.39 is 23.9 Å². The number of rotatable bonds is 4. The Morgan fingerprint density at radius 3 is 2.69 bits per heavy atom. The predicted octanol–water partition coefficient (Wildman–Crippen LogP) is 5.38. The molecule has 2 unspecified atom stereocenters. The van der Waals surface area contributed by atoms with Gasteiger partial charge in [-0.1, -0.05) is 18.2 Å². The van der Waals surface area contributed by atoms with Crippen molar-refractivity contribution in [2.45, 2.75) is 32.5 Å². The molecule has 2 heterocycles. The molecule has 1 aromatic heterocycles. The minimum Gasteiger partial charge on any atom is -0.450 e. The summed E-state index contributed by atoms with van der Waals surface area (Å²) in [5.74, 6) is -0.317. The molecule has 1 aromatic carbocycles. The monoisotopic (exact) mass is 495 g/mol. The summed E-state index contributed by atoms with van der Waals surface area (Å²) in [6.07, 6.45) is 0.219. The molecule has 4 rings (SSSR count). The minimum atomic E-state index is -4.58. The molecule has 1 aliphatic carbocycles. The molecule has 0 saturated heterocycles. The highest BCUT2D eigenvalue weighted by Crippen LogP contribution is 2.45. The van der Waals surface area contributed by atoms with E-state index in [1.165, 1.54) is 21.7 Å². The number of anilines is 3. The third kappa shape index (κ3) is 4.53. The lowest BCUT2D eigenvalue weighted by Crippen LogP contribution is -2.33. The van der Waals surface area contributed by atoms with Crippen molar-refractivity contribution < 1.29 is 22.7 Å². The topological polar surface area (TPSA) is 120 Å². The summed E-state index contributed by atoms with van der Waals surface area (Å²) in [5.41, 5.74) is 0.364. The van der Waals surface area contributed by atoms with Crippen molar-refractivity contribution in [2.24, 2.45) is 5.92 Å². The summed E-state index contributed by atoms with van der Waals surface area (Å²) in [6.45, 7) is 3.35. The zero-order valence-corrected chi connectivity index (χ0v) is 19.2. The first-order valence-corrected chi connectivity index (χ1v) is 10.9. The van der Waals surface area contributed by atoms with Gasteiger partial charge in [-0.2, -0.15) is 28.7 Å².